The Bertz CT molecular complexity index is 1410. The predicted molar refractivity (Wildman–Crippen MR) is 127 cm³/mol. The van der Waals surface area contributed by atoms with Gasteiger partial charge in [0.15, 0.2) is 5.82 Å². The molecule has 0 fully saturated rings. The van der Waals surface area contributed by atoms with Crippen molar-refractivity contribution >= 4 is 15.7 Å². The van der Waals surface area contributed by atoms with Crippen molar-refractivity contribution in [3.63, 3.8) is 0 Å². The van der Waals surface area contributed by atoms with Crippen molar-refractivity contribution in [2.24, 2.45) is 0 Å². The Balaban J connectivity index is 1.46. The highest BCUT2D eigenvalue weighted by molar-refractivity contribution is 7.92. The van der Waals surface area contributed by atoms with Crippen LogP contribution in [0.15, 0.2) is 59.5 Å². The lowest BCUT2D eigenvalue weighted by molar-refractivity contribution is 0.454. The Labute approximate surface area is 193 Å². The summed E-state index contributed by atoms with van der Waals surface area (Å²) < 4.78 is 35.7. The third-order valence-corrected chi connectivity index (χ3v) is 6.98. The van der Waals surface area contributed by atoms with Crippen LogP contribution in [-0.4, -0.2) is 28.4 Å². The molecule has 9 heteroatoms. The highest BCUT2D eigenvalue weighted by atomic mass is 32.2. The molecule has 0 atom stereocenters. The summed E-state index contributed by atoms with van der Waals surface area (Å²) in [6.45, 7) is 9.59. The summed E-state index contributed by atoms with van der Waals surface area (Å²) in [5.41, 5.74) is 5.07. The lowest BCUT2D eigenvalue weighted by atomic mass is 10.2. The first kappa shape index (κ1) is 22.5. The molecular weight excluding hydrogens is 438 g/mol. The van der Waals surface area contributed by atoms with E-state index in [0.717, 1.165) is 22.5 Å². The number of hydrogen-bond acceptors (Lipinski definition) is 6. The predicted octanol–water partition coefficient (Wildman–Crippen LogP) is 4.80. The SMILES string of the molecule is Cc1ccc(C)c(S(=O)(=O)Nc2ccc(Oc3ccc(-n4nc(C)c(C)c4C)nn3)cc2)c1. The summed E-state index contributed by atoms with van der Waals surface area (Å²) in [7, 11) is -3.70. The molecule has 0 spiro atoms. The maximum atomic E-state index is 12.8. The van der Waals surface area contributed by atoms with Crippen molar-refractivity contribution in [1.82, 2.24) is 20.0 Å². The van der Waals surface area contributed by atoms with Crippen LogP contribution in [0, 0.1) is 34.6 Å². The number of benzene rings is 2. The van der Waals surface area contributed by atoms with Crippen LogP contribution < -0.4 is 9.46 Å². The smallest absolute Gasteiger partial charge is 0.262 e. The summed E-state index contributed by atoms with van der Waals surface area (Å²) >= 11 is 0. The van der Waals surface area contributed by atoms with E-state index in [1.807, 2.05) is 33.8 Å². The minimum atomic E-state index is -3.70. The summed E-state index contributed by atoms with van der Waals surface area (Å²) in [5, 5.41) is 12.8. The maximum absolute atomic E-state index is 12.8. The van der Waals surface area contributed by atoms with E-state index in [4.69, 9.17) is 4.74 Å². The number of rotatable bonds is 6. The number of hydrogen-bond donors (Lipinski definition) is 1. The largest absolute Gasteiger partial charge is 0.438 e. The highest BCUT2D eigenvalue weighted by Gasteiger charge is 2.17. The summed E-state index contributed by atoms with van der Waals surface area (Å²) in [6.07, 6.45) is 0. The van der Waals surface area contributed by atoms with Gasteiger partial charge in [0.2, 0.25) is 5.88 Å². The van der Waals surface area contributed by atoms with Gasteiger partial charge in [-0.1, -0.05) is 12.1 Å². The Hall–Kier alpha value is -3.72. The van der Waals surface area contributed by atoms with Gasteiger partial charge < -0.3 is 4.74 Å². The standard InChI is InChI=1S/C24H25N5O3S/c1-15-6-7-16(2)22(14-15)33(30,31)28-20-8-10-21(11-9-20)32-24-13-12-23(25-26-24)29-19(5)17(3)18(4)27-29/h6-14,28H,1-5H3. The molecule has 0 unspecified atom stereocenters. The molecule has 33 heavy (non-hydrogen) atoms. The van der Waals surface area contributed by atoms with E-state index in [9.17, 15) is 8.42 Å². The van der Waals surface area contributed by atoms with Gasteiger partial charge in [-0.15, -0.1) is 10.2 Å². The fourth-order valence-electron chi connectivity index (χ4n) is 3.34. The van der Waals surface area contributed by atoms with Gasteiger partial charge in [-0.05, 0) is 87.7 Å². The lowest BCUT2D eigenvalue weighted by Gasteiger charge is -2.12. The lowest BCUT2D eigenvalue weighted by Crippen LogP contribution is -2.14. The minimum Gasteiger partial charge on any atom is -0.438 e. The molecular formula is C24H25N5O3S. The molecule has 1 N–H and O–H groups in total. The zero-order chi connectivity index (χ0) is 23.8. The number of anilines is 1. The van der Waals surface area contributed by atoms with Gasteiger partial charge in [0.05, 0.1) is 10.6 Å². The number of sulfonamides is 1. The second kappa shape index (κ2) is 8.67. The molecule has 0 amide bonds. The maximum Gasteiger partial charge on any atom is 0.262 e. The van der Waals surface area contributed by atoms with Gasteiger partial charge in [-0.2, -0.15) is 5.10 Å². The third kappa shape index (κ3) is 4.73. The van der Waals surface area contributed by atoms with Crippen molar-refractivity contribution in [1.29, 1.82) is 0 Å². The van der Waals surface area contributed by atoms with E-state index in [-0.39, 0.29) is 4.90 Å². The Morgan fingerprint density at radius 1 is 0.879 bits per heavy atom. The van der Waals surface area contributed by atoms with Crippen LogP contribution in [0.2, 0.25) is 0 Å². The van der Waals surface area contributed by atoms with Gasteiger partial charge in [-0.3, -0.25) is 4.72 Å². The average Bonchev–Trinajstić information content (AvgIpc) is 3.04. The van der Waals surface area contributed by atoms with Crippen molar-refractivity contribution in [2.75, 3.05) is 4.72 Å². The van der Waals surface area contributed by atoms with Crippen LogP contribution in [-0.2, 0) is 10.0 Å². The van der Waals surface area contributed by atoms with Crippen LogP contribution in [0.3, 0.4) is 0 Å². The fraction of sp³-hybridized carbons (Fsp3) is 0.208. The molecule has 2 heterocycles. The van der Waals surface area contributed by atoms with Gasteiger partial charge in [0, 0.05) is 17.4 Å². The van der Waals surface area contributed by atoms with Crippen molar-refractivity contribution in [3.05, 3.63) is 82.7 Å². The molecule has 4 rings (SSSR count). The zero-order valence-corrected chi connectivity index (χ0v) is 19.9. The van der Waals surface area contributed by atoms with E-state index in [1.54, 1.807) is 60.1 Å². The molecule has 4 aromatic rings. The molecule has 0 radical (unpaired) electrons. The monoisotopic (exact) mass is 463 g/mol. The summed E-state index contributed by atoms with van der Waals surface area (Å²) in [4.78, 5) is 0.260. The molecule has 0 saturated heterocycles. The van der Waals surface area contributed by atoms with E-state index in [2.05, 4.69) is 20.0 Å². The number of ether oxygens (including phenoxy) is 1. The fourth-order valence-corrected chi connectivity index (χ4v) is 4.73. The Morgan fingerprint density at radius 2 is 1.61 bits per heavy atom. The number of nitrogens with one attached hydrogen (secondary N) is 1. The van der Waals surface area contributed by atoms with Crippen LogP contribution in [0.5, 0.6) is 11.6 Å². The first-order valence-corrected chi connectivity index (χ1v) is 11.9. The van der Waals surface area contributed by atoms with Gasteiger partial charge >= 0.3 is 0 Å². The van der Waals surface area contributed by atoms with E-state index >= 15 is 0 Å². The molecule has 0 aliphatic heterocycles. The molecule has 170 valence electrons. The van der Waals surface area contributed by atoms with Gasteiger partial charge in [0.25, 0.3) is 10.0 Å². The second-order valence-electron chi connectivity index (χ2n) is 7.94. The first-order chi connectivity index (χ1) is 15.6. The van der Waals surface area contributed by atoms with E-state index < -0.39 is 10.0 Å². The number of aryl methyl sites for hydroxylation is 3. The Kier molecular flexibility index (Phi) is 5.90. The molecule has 0 saturated carbocycles. The number of nitrogens with zero attached hydrogens (tertiary/aromatic N) is 4. The third-order valence-electron chi connectivity index (χ3n) is 5.46. The molecule has 0 aliphatic carbocycles. The highest BCUT2D eigenvalue weighted by Crippen LogP contribution is 2.25. The van der Waals surface area contributed by atoms with Crippen molar-refractivity contribution < 1.29 is 13.2 Å². The van der Waals surface area contributed by atoms with Crippen LogP contribution in [0.4, 0.5) is 5.69 Å². The van der Waals surface area contributed by atoms with E-state index in [1.165, 1.54) is 0 Å². The summed E-state index contributed by atoms with van der Waals surface area (Å²) in [5.74, 6) is 1.43. The topological polar surface area (TPSA) is 99.0 Å². The quantitative estimate of drug-likeness (QED) is 0.441. The van der Waals surface area contributed by atoms with E-state index in [0.29, 0.717) is 28.7 Å². The molecule has 2 aromatic heterocycles. The van der Waals surface area contributed by atoms with Crippen LogP contribution in [0.1, 0.15) is 28.1 Å². The first-order valence-electron chi connectivity index (χ1n) is 10.4. The van der Waals surface area contributed by atoms with Crippen molar-refractivity contribution in [3.8, 4) is 17.4 Å². The normalized spacial score (nSPS) is 11.4. The molecule has 0 bridgehead atoms. The zero-order valence-electron chi connectivity index (χ0n) is 19.1. The second-order valence-corrected chi connectivity index (χ2v) is 9.59. The average molecular weight is 464 g/mol. The number of aromatic nitrogens is 4. The van der Waals surface area contributed by atoms with Crippen LogP contribution in [0.25, 0.3) is 5.82 Å². The molecule has 8 nitrogen and oxygen atoms in total. The summed E-state index contributed by atoms with van der Waals surface area (Å²) in [6, 6.07) is 15.4. The molecule has 0 aliphatic rings. The van der Waals surface area contributed by atoms with Crippen molar-refractivity contribution in [2.45, 2.75) is 39.5 Å². The minimum absolute atomic E-state index is 0.260. The van der Waals surface area contributed by atoms with Gasteiger partial charge in [0.1, 0.15) is 5.75 Å². The van der Waals surface area contributed by atoms with Crippen LogP contribution >= 0.6 is 0 Å². The molecule has 2 aromatic carbocycles. The van der Waals surface area contributed by atoms with Gasteiger partial charge in [-0.25, -0.2) is 13.1 Å². The Morgan fingerprint density at radius 3 is 2.21 bits per heavy atom.